The molecule has 0 radical (unpaired) electrons. The first-order valence-corrected chi connectivity index (χ1v) is 7.57. The molecule has 1 heterocycles. The fourth-order valence-corrected chi connectivity index (χ4v) is 3.05. The molecule has 0 spiro atoms. The van der Waals surface area contributed by atoms with E-state index in [1.165, 1.54) is 29.5 Å². The van der Waals surface area contributed by atoms with Crippen molar-refractivity contribution < 1.29 is 4.39 Å². The highest BCUT2D eigenvalue weighted by Gasteiger charge is 2.28. The van der Waals surface area contributed by atoms with Crippen LogP contribution in [0, 0.1) is 5.82 Å². The van der Waals surface area contributed by atoms with Crippen LogP contribution in [0.2, 0.25) is 0 Å². The van der Waals surface area contributed by atoms with Gasteiger partial charge in [-0.05, 0) is 47.9 Å². The molecule has 2 nitrogen and oxygen atoms in total. The summed E-state index contributed by atoms with van der Waals surface area (Å²) in [5, 5.41) is 3.40. The topological polar surface area (TPSA) is 29.3 Å². The molecular weight excluding hydrogens is 271 g/mol. The quantitative estimate of drug-likeness (QED) is 0.673. The molecule has 104 valence electrons. The highest BCUT2D eigenvalue weighted by Crippen LogP contribution is 2.44. The molecule has 1 aromatic heterocycles. The van der Waals surface area contributed by atoms with E-state index in [1.54, 1.807) is 18.4 Å². The SMILES string of the molecule is CN(N)c1c(F)ccc(C2CC2)c1/C=C/c1cccs1. The minimum atomic E-state index is -0.273. The van der Waals surface area contributed by atoms with Crippen LogP contribution in [0.3, 0.4) is 0 Å². The normalized spacial score (nSPS) is 14.9. The Morgan fingerprint density at radius 1 is 1.30 bits per heavy atom. The third-order valence-electron chi connectivity index (χ3n) is 3.53. The molecule has 0 bridgehead atoms. The molecule has 1 aliphatic carbocycles. The third-order valence-corrected chi connectivity index (χ3v) is 4.37. The first-order chi connectivity index (χ1) is 9.66. The Labute approximate surface area is 122 Å². The summed E-state index contributed by atoms with van der Waals surface area (Å²) in [6.45, 7) is 0. The Morgan fingerprint density at radius 3 is 2.70 bits per heavy atom. The monoisotopic (exact) mass is 288 g/mol. The van der Waals surface area contributed by atoms with Crippen LogP contribution >= 0.6 is 11.3 Å². The summed E-state index contributed by atoms with van der Waals surface area (Å²) >= 11 is 1.67. The maximum absolute atomic E-state index is 14.1. The van der Waals surface area contributed by atoms with Crippen molar-refractivity contribution in [3.8, 4) is 0 Å². The summed E-state index contributed by atoms with van der Waals surface area (Å²) in [7, 11) is 1.68. The van der Waals surface area contributed by atoms with E-state index in [-0.39, 0.29) is 5.82 Å². The van der Waals surface area contributed by atoms with Crippen molar-refractivity contribution in [2.75, 3.05) is 12.1 Å². The van der Waals surface area contributed by atoms with Gasteiger partial charge in [0.05, 0.1) is 5.69 Å². The van der Waals surface area contributed by atoms with Crippen molar-refractivity contribution in [2.24, 2.45) is 5.84 Å². The van der Waals surface area contributed by atoms with Gasteiger partial charge in [-0.2, -0.15) is 0 Å². The zero-order valence-corrected chi connectivity index (χ0v) is 12.2. The van der Waals surface area contributed by atoms with Crippen LogP contribution < -0.4 is 10.9 Å². The number of thiophene rings is 1. The fraction of sp³-hybridized carbons (Fsp3) is 0.250. The van der Waals surface area contributed by atoms with Crippen molar-refractivity contribution in [1.29, 1.82) is 0 Å². The molecule has 0 atom stereocenters. The molecule has 0 aliphatic heterocycles. The summed E-state index contributed by atoms with van der Waals surface area (Å²) in [5.41, 5.74) is 2.58. The Morgan fingerprint density at radius 2 is 2.10 bits per heavy atom. The van der Waals surface area contributed by atoms with Gasteiger partial charge in [0, 0.05) is 17.5 Å². The maximum Gasteiger partial charge on any atom is 0.148 e. The standard InChI is InChI=1S/C16H17FN2S/c1-19(18)16-14(7-6-12-3-2-10-20-12)13(11-4-5-11)8-9-15(16)17/h2-3,6-11H,4-5,18H2,1H3/b7-6+. The molecule has 1 saturated carbocycles. The highest BCUT2D eigenvalue weighted by molar-refractivity contribution is 7.10. The largest absolute Gasteiger partial charge is 0.311 e. The number of rotatable bonds is 4. The lowest BCUT2D eigenvalue weighted by Gasteiger charge is -2.19. The van der Waals surface area contributed by atoms with Gasteiger partial charge < -0.3 is 5.01 Å². The highest BCUT2D eigenvalue weighted by atomic mass is 32.1. The van der Waals surface area contributed by atoms with Gasteiger partial charge in [0.2, 0.25) is 0 Å². The van der Waals surface area contributed by atoms with Crippen LogP contribution in [0.4, 0.5) is 10.1 Å². The molecule has 1 aliphatic rings. The van der Waals surface area contributed by atoms with E-state index in [2.05, 4.69) is 0 Å². The molecule has 2 N–H and O–H groups in total. The van der Waals surface area contributed by atoms with Gasteiger partial charge in [0.25, 0.3) is 0 Å². The van der Waals surface area contributed by atoms with Gasteiger partial charge in [-0.1, -0.05) is 18.2 Å². The van der Waals surface area contributed by atoms with Crippen LogP contribution in [0.5, 0.6) is 0 Å². The summed E-state index contributed by atoms with van der Waals surface area (Å²) in [5.74, 6) is 6.10. The summed E-state index contributed by atoms with van der Waals surface area (Å²) < 4.78 is 14.1. The van der Waals surface area contributed by atoms with E-state index >= 15 is 0 Å². The first kappa shape index (κ1) is 13.3. The molecule has 20 heavy (non-hydrogen) atoms. The molecule has 1 fully saturated rings. The Kier molecular flexibility index (Phi) is 3.59. The average Bonchev–Trinajstić information content (AvgIpc) is 3.12. The molecule has 0 amide bonds. The van der Waals surface area contributed by atoms with Crippen molar-refractivity contribution >= 4 is 29.2 Å². The second-order valence-corrected chi connectivity index (χ2v) is 6.11. The van der Waals surface area contributed by atoms with Gasteiger partial charge in [0.1, 0.15) is 5.82 Å². The molecule has 4 heteroatoms. The Bertz CT molecular complexity index is 628. The molecular formula is C16H17FN2S. The van der Waals surface area contributed by atoms with Crippen molar-refractivity contribution in [2.45, 2.75) is 18.8 Å². The minimum absolute atomic E-state index is 0.273. The number of anilines is 1. The second kappa shape index (κ2) is 5.38. The van der Waals surface area contributed by atoms with Gasteiger partial charge in [-0.3, -0.25) is 0 Å². The van der Waals surface area contributed by atoms with E-state index in [4.69, 9.17) is 5.84 Å². The lowest BCUT2D eigenvalue weighted by atomic mass is 10.00. The van der Waals surface area contributed by atoms with Gasteiger partial charge in [-0.25, -0.2) is 10.2 Å². The average molecular weight is 288 g/mol. The lowest BCUT2D eigenvalue weighted by molar-refractivity contribution is 0.622. The number of nitrogens with zero attached hydrogens (tertiary/aromatic N) is 1. The molecule has 0 unspecified atom stereocenters. The van der Waals surface area contributed by atoms with Crippen LogP contribution in [-0.4, -0.2) is 7.05 Å². The van der Waals surface area contributed by atoms with E-state index in [9.17, 15) is 4.39 Å². The fourth-order valence-electron chi connectivity index (χ4n) is 2.43. The van der Waals surface area contributed by atoms with Crippen LogP contribution in [0.25, 0.3) is 12.2 Å². The number of hydrazine groups is 1. The third kappa shape index (κ3) is 2.62. The molecule has 0 saturated heterocycles. The molecule has 3 rings (SSSR count). The predicted molar refractivity (Wildman–Crippen MR) is 84.2 cm³/mol. The molecule has 2 aromatic rings. The number of hydrogen-bond acceptors (Lipinski definition) is 3. The predicted octanol–water partition coefficient (Wildman–Crippen LogP) is 4.24. The van der Waals surface area contributed by atoms with Crippen LogP contribution in [0.1, 0.15) is 34.8 Å². The zero-order valence-electron chi connectivity index (χ0n) is 11.3. The number of benzene rings is 1. The van der Waals surface area contributed by atoms with E-state index < -0.39 is 0 Å². The smallest absolute Gasteiger partial charge is 0.148 e. The van der Waals surface area contributed by atoms with Crippen molar-refractivity contribution in [3.63, 3.8) is 0 Å². The Hall–Kier alpha value is -1.65. The summed E-state index contributed by atoms with van der Waals surface area (Å²) in [4.78, 5) is 1.15. The Balaban J connectivity index is 2.07. The lowest BCUT2D eigenvalue weighted by Crippen LogP contribution is -2.27. The van der Waals surface area contributed by atoms with E-state index in [1.807, 2.05) is 35.7 Å². The van der Waals surface area contributed by atoms with Gasteiger partial charge >= 0.3 is 0 Å². The zero-order chi connectivity index (χ0) is 14.1. The number of nitrogens with two attached hydrogens (primary N) is 1. The summed E-state index contributed by atoms with van der Waals surface area (Å²) in [6, 6.07) is 7.47. The second-order valence-electron chi connectivity index (χ2n) is 5.13. The van der Waals surface area contributed by atoms with E-state index in [0.717, 1.165) is 10.4 Å². The van der Waals surface area contributed by atoms with Crippen molar-refractivity contribution in [3.05, 3.63) is 51.5 Å². The maximum atomic E-state index is 14.1. The number of hydrogen-bond donors (Lipinski definition) is 1. The van der Waals surface area contributed by atoms with Crippen LogP contribution in [0.15, 0.2) is 29.6 Å². The van der Waals surface area contributed by atoms with Crippen molar-refractivity contribution in [1.82, 2.24) is 0 Å². The van der Waals surface area contributed by atoms with E-state index in [0.29, 0.717) is 11.6 Å². The first-order valence-electron chi connectivity index (χ1n) is 6.69. The minimum Gasteiger partial charge on any atom is -0.311 e. The molecule has 1 aromatic carbocycles. The van der Waals surface area contributed by atoms with Gasteiger partial charge in [0.15, 0.2) is 0 Å². The van der Waals surface area contributed by atoms with Gasteiger partial charge in [-0.15, -0.1) is 11.3 Å². The summed E-state index contributed by atoms with van der Waals surface area (Å²) in [6.07, 6.45) is 6.37. The van der Waals surface area contributed by atoms with Crippen LogP contribution in [-0.2, 0) is 0 Å². The number of halogens is 1.